The quantitative estimate of drug-likeness (QED) is 0.376. The van der Waals surface area contributed by atoms with E-state index in [0.717, 1.165) is 33.4 Å². The van der Waals surface area contributed by atoms with Gasteiger partial charge < -0.3 is 0 Å². The summed E-state index contributed by atoms with van der Waals surface area (Å²) in [6.07, 6.45) is 1.88. The van der Waals surface area contributed by atoms with E-state index in [2.05, 4.69) is 22.0 Å². The molecule has 6 nitrogen and oxygen atoms in total. The number of hydrogen-bond donors (Lipinski definition) is 0. The van der Waals surface area contributed by atoms with Crippen molar-refractivity contribution in [1.82, 2.24) is 30.0 Å². The van der Waals surface area contributed by atoms with Crippen LogP contribution in [0.1, 0.15) is 5.69 Å². The lowest BCUT2D eigenvalue weighted by Gasteiger charge is -2.07. The fourth-order valence-corrected chi connectivity index (χ4v) is 3.69. The average molecular weight is 374 g/mol. The maximum Gasteiger partial charge on any atom is 0.209 e. The molecular formula is C20H18N6S. The molecule has 2 aromatic heterocycles. The van der Waals surface area contributed by atoms with Crippen LogP contribution in [0.4, 0.5) is 0 Å². The lowest BCUT2D eigenvalue weighted by Crippen LogP contribution is -1.99. The number of benzene rings is 2. The lowest BCUT2D eigenvalue weighted by atomic mass is 10.2. The van der Waals surface area contributed by atoms with Gasteiger partial charge in [0.2, 0.25) is 5.82 Å². The molecule has 7 heteroatoms. The van der Waals surface area contributed by atoms with Gasteiger partial charge in [0.05, 0.1) is 22.6 Å². The number of nitrogens with zero attached hydrogens (tertiary/aromatic N) is 6. The second-order valence-corrected chi connectivity index (χ2v) is 6.86. The monoisotopic (exact) mass is 374 g/mol. The summed E-state index contributed by atoms with van der Waals surface area (Å²) in [5, 5.41) is 18.8. The summed E-state index contributed by atoms with van der Waals surface area (Å²) in [4.78, 5) is 1.54. The highest BCUT2D eigenvalue weighted by Gasteiger charge is 2.22. The number of rotatable bonds is 6. The first-order valence-corrected chi connectivity index (χ1v) is 9.51. The van der Waals surface area contributed by atoms with Gasteiger partial charge in [-0.05, 0) is 36.4 Å². The molecule has 0 N–H and O–H groups in total. The van der Waals surface area contributed by atoms with Crippen LogP contribution in [0.3, 0.4) is 0 Å². The number of tetrazole rings is 1. The molecule has 0 saturated carbocycles. The van der Waals surface area contributed by atoms with Gasteiger partial charge in [-0.1, -0.05) is 42.5 Å². The van der Waals surface area contributed by atoms with Gasteiger partial charge in [0.25, 0.3) is 0 Å². The fourth-order valence-electron chi connectivity index (χ4n) is 2.76. The van der Waals surface area contributed by atoms with Gasteiger partial charge in [0, 0.05) is 5.75 Å². The van der Waals surface area contributed by atoms with Gasteiger partial charge in [-0.15, -0.1) is 33.3 Å². The molecule has 0 radical (unpaired) electrons. The van der Waals surface area contributed by atoms with Crippen molar-refractivity contribution in [2.45, 2.75) is 11.9 Å². The smallest absolute Gasteiger partial charge is 0.209 e. The van der Waals surface area contributed by atoms with Crippen LogP contribution in [0.15, 0.2) is 78.3 Å². The first kappa shape index (κ1) is 17.2. The van der Waals surface area contributed by atoms with Crippen LogP contribution in [-0.2, 0) is 0 Å². The van der Waals surface area contributed by atoms with Crippen LogP contribution in [-0.4, -0.2) is 35.7 Å². The second kappa shape index (κ2) is 7.59. The minimum absolute atomic E-state index is 0.560. The van der Waals surface area contributed by atoms with Gasteiger partial charge in [0.15, 0.2) is 0 Å². The van der Waals surface area contributed by atoms with Crippen molar-refractivity contribution in [3.8, 4) is 22.8 Å². The highest BCUT2D eigenvalue weighted by molar-refractivity contribution is 7.99. The van der Waals surface area contributed by atoms with Crippen LogP contribution >= 0.6 is 11.8 Å². The highest BCUT2D eigenvalue weighted by Crippen LogP contribution is 2.34. The average Bonchev–Trinajstić information content (AvgIpc) is 3.32. The summed E-state index contributed by atoms with van der Waals surface area (Å²) < 4.78 is 1.93. The topological polar surface area (TPSA) is 61.4 Å². The third kappa shape index (κ3) is 3.41. The Labute approximate surface area is 161 Å². The Bertz CT molecular complexity index is 1050. The van der Waals surface area contributed by atoms with Crippen molar-refractivity contribution in [3.05, 3.63) is 79.0 Å². The third-order valence-corrected chi connectivity index (χ3v) is 5.03. The molecule has 134 valence electrons. The summed E-state index contributed by atoms with van der Waals surface area (Å²) in [5.74, 6) is 1.32. The van der Waals surface area contributed by atoms with E-state index in [1.807, 2.05) is 78.3 Å². The third-order valence-electron chi connectivity index (χ3n) is 3.98. The molecule has 2 heterocycles. The Hall–Kier alpha value is -3.19. The van der Waals surface area contributed by atoms with Gasteiger partial charge >= 0.3 is 0 Å². The summed E-state index contributed by atoms with van der Waals surface area (Å²) in [7, 11) is 0. The maximum absolute atomic E-state index is 4.74. The molecule has 0 aliphatic rings. The number of aromatic nitrogens is 6. The summed E-state index contributed by atoms with van der Waals surface area (Å²) in [5.41, 5.74) is 3.62. The van der Waals surface area contributed by atoms with E-state index in [4.69, 9.17) is 5.10 Å². The van der Waals surface area contributed by atoms with E-state index in [1.54, 1.807) is 11.8 Å². The Morgan fingerprint density at radius 1 is 0.963 bits per heavy atom. The van der Waals surface area contributed by atoms with Gasteiger partial charge in [0.1, 0.15) is 5.03 Å². The summed E-state index contributed by atoms with van der Waals surface area (Å²) in [6.45, 7) is 5.80. The molecule has 0 spiro atoms. The van der Waals surface area contributed by atoms with Crippen LogP contribution in [0, 0.1) is 6.92 Å². The van der Waals surface area contributed by atoms with E-state index in [1.165, 1.54) is 4.80 Å². The molecule has 0 saturated heterocycles. The summed E-state index contributed by atoms with van der Waals surface area (Å²) >= 11 is 1.65. The Morgan fingerprint density at radius 3 is 2.30 bits per heavy atom. The molecule has 0 aliphatic carbocycles. The summed E-state index contributed by atoms with van der Waals surface area (Å²) in [6, 6.07) is 19.8. The number of hydrogen-bond acceptors (Lipinski definition) is 5. The molecular weight excluding hydrogens is 356 g/mol. The van der Waals surface area contributed by atoms with Gasteiger partial charge in [-0.3, -0.25) is 0 Å². The molecule has 0 unspecified atom stereocenters. The van der Waals surface area contributed by atoms with E-state index in [0.29, 0.717) is 5.82 Å². The van der Waals surface area contributed by atoms with Gasteiger partial charge in [-0.25, -0.2) is 4.68 Å². The van der Waals surface area contributed by atoms with Crippen LogP contribution in [0.2, 0.25) is 0 Å². The molecule has 0 fully saturated rings. The standard InChI is InChI=1S/C20H18N6S/c1-3-14-27-20-18(15(2)22-25(20)16-10-6-4-7-11-16)19-21-24-26(23-19)17-12-8-5-9-13-17/h3-13H,1,14H2,2H3. The molecule has 0 bridgehead atoms. The normalized spacial score (nSPS) is 10.9. The Kier molecular flexibility index (Phi) is 4.84. The first-order chi connectivity index (χ1) is 13.3. The van der Waals surface area contributed by atoms with Gasteiger partial charge in [-0.2, -0.15) is 5.10 Å². The molecule has 4 aromatic rings. The molecule has 0 amide bonds. The van der Waals surface area contributed by atoms with Crippen molar-refractivity contribution in [2.24, 2.45) is 0 Å². The minimum Gasteiger partial charge on any atom is -0.226 e. The zero-order valence-electron chi connectivity index (χ0n) is 14.9. The fraction of sp³-hybridized carbons (Fsp3) is 0.100. The number of thioether (sulfide) groups is 1. The molecule has 4 rings (SSSR count). The SMILES string of the molecule is C=CCSc1c(-c2nnn(-c3ccccc3)n2)c(C)nn1-c1ccccc1. The van der Waals surface area contributed by atoms with E-state index >= 15 is 0 Å². The maximum atomic E-state index is 4.74. The minimum atomic E-state index is 0.560. The predicted octanol–water partition coefficient (Wildman–Crippen LogP) is 4.10. The number of aryl methyl sites for hydroxylation is 1. The Morgan fingerprint density at radius 2 is 1.63 bits per heavy atom. The second-order valence-electron chi connectivity index (χ2n) is 5.85. The highest BCUT2D eigenvalue weighted by atomic mass is 32.2. The molecule has 2 aromatic carbocycles. The largest absolute Gasteiger partial charge is 0.226 e. The van der Waals surface area contributed by atoms with E-state index < -0.39 is 0 Å². The van der Waals surface area contributed by atoms with Crippen molar-refractivity contribution < 1.29 is 0 Å². The van der Waals surface area contributed by atoms with Crippen molar-refractivity contribution in [2.75, 3.05) is 5.75 Å². The van der Waals surface area contributed by atoms with E-state index in [-0.39, 0.29) is 0 Å². The van der Waals surface area contributed by atoms with Crippen molar-refractivity contribution >= 4 is 11.8 Å². The molecule has 0 aliphatic heterocycles. The van der Waals surface area contributed by atoms with Crippen molar-refractivity contribution in [3.63, 3.8) is 0 Å². The predicted molar refractivity (Wildman–Crippen MR) is 107 cm³/mol. The van der Waals surface area contributed by atoms with Crippen LogP contribution < -0.4 is 0 Å². The van der Waals surface area contributed by atoms with Crippen LogP contribution in [0.5, 0.6) is 0 Å². The molecule has 27 heavy (non-hydrogen) atoms. The number of para-hydroxylation sites is 2. The zero-order valence-corrected chi connectivity index (χ0v) is 15.7. The van der Waals surface area contributed by atoms with E-state index in [9.17, 15) is 0 Å². The lowest BCUT2D eigenvalue weighted by molar-refractivity contribution is 0.720. The van der Waals surface area contributed by atoms with Crippen molar-refractivity contribution in [1.29, 1.82) is 0 Å². The first-order valence-electron chi connectivity index (χ1n) is 8.52. The Balaban J connectivity index is 1.82. The molecule has 0 atom stereocenters. The zero-order chi connectivity index (χ0) is 18.6. The van der Waals surface area contributed by atoms with Crippen LogP contribution in [0.25, 0.3) is 22.8 Å².